The predicted octanol–water partition coefficient (Wildman–Crippen LogP) is 1.22. The van der Waals surface area contributed by atoms with Gasteiger partial charge in [-0.3, -0.25) is 9.59 Å². The fourth-order valence-electron chi connectivity index (χ4n) is 2.06. The molecule has 5 heteroatoms. The molecule has 0 atom stereocenters. The van der Waals surface area contributed by atoms with Crippen molar-refractivity contribution in [1.82, 2.24) is 4.90 Å². The molecule has 1 aliphatic rings. The standard InChI is InChI=1S/C13H24N2O3/c1-13(2,7-8-14)6-5-11(16)15(9-12(17)18)10-3-4-10/h10H,3-9,14H2,1-2H3,(H,17,18). The zero-order chi connectivity index (χ0) is 13.8. The van der Waals surface area contributed by atoms with Crippen LogP contribution in [0.25, 0.3) is 0 Å². The van der Waals surface area contributed by atoms with Crippen molar-refractivity contribution >= 4 is 11.9 Å². The third kappa shape index (κ3) is 5.04. The molecule has 0 saturated heterocycles. The molecular weight excluding hydrogens is 232 g/mol. The van der Waals surface area contributed by atoms with E-state index in [1.54, 1.807) is 0 Å². The van der Waals surface area contributed by atoms with Crippen molar-refractivity contribution in [2.45, 2.75) is 52.0 Å². The van der Waals surface area contributed by atoms with Gasteiger partial charge in [0.05, 0.1) is 0 Å². The SMILES string of the molecule is CC(C)(CCN)CCC(=O)N(CC(=O)O)C1CC1. The summed E-state index contributed by atoms with van der Waals surface area (Å²) in [5.74, 6) is -0.971. The van der Waals surface area contributed by atoms with E-state index in [2.05, 4.69) is 13.8 Å². The summed E-state index contributed by atoms with van der Waals surface area (Å²) in [7, 11) is 0. The molecule has 1 saturated carbocycles. The van der Waals surface area contributed by atoms with Gasteiger partial charge in [-0.15, -0.1) is 0 Å². The van der Waals surface area contributed by atoms with E-state index in [1.165, 1.54) is 4.90 Å². The first-order chi connectivity index (χ1) is 8.35. The summed E-state index contributed by atoms with van der Waals surface area (Å²) >= 11 is 0. The van der Waals surface area contributed by atoms with E-state index < -0.39 is 5.97 Å². The van der Waals surface area contributed by atoms with Gasteiger partial charge >= 0.3 is 5.97 Å². The van der Waals surface area contributed by atoms with Gasteiger partial charge in [0.15, 0.2) is 0 Å². The van der Waals surface area contributed by atoms with Crippen LogP contribution >= 0.6 is 0 Å². The van der Waals surface area contributed by atoms with E-state index in [-0.39, 0.29) is 23.9 Å². The first kappa shape index (κ1) is 15.0. The highest BCUT2D eigenvalue weighted by molar-refractivity contribution is 5.82. The number of carbonyl (C=O) groups is 2. The van der Waals surface area contributed by atoms with Crippen LogP contribution in [0.3, 0.4) is 0 Å². The molecule has 1 aliphatic carbocycles. The molecule has 0 bridgehead atoms. The van der Waals surface area contributed by atoms with Gasteiger partial charge in [-0.2, -0.15) is 0 Å². The van der Waals surface area contributed by atoms with Crippen LogP contribution < -0.4 is 5.73 Å². The fourth-order valence-corrected chi connectivity index (χ4v) is 2.06. The van der Waals surface area contributed by atoms with Crippen molar-refractivity contribution in [2.24, 2.45) is 11.1 Å². The maximum atomic E-state index is 12.0. The zero-order valence-electron chi connectivity index (χ0n) is 11.3. The van der Waals surface area contributed by atoms with Gasteiger partial charge in [-0.1, -0.05) is 13.8 Å². The molecule has 0 radical (unpaired) electrons. The first-order valence-corrected chi connectivity index (χ1v) is 6.57. The lowest BCUT2D eigenvalue weighted by molar-refractivity contribution is -0.145. The van der Waals surface area contributed by atoms with E-state index in [4.69, 9.17) is 10.8 Å². The second-order valence-corrected chi connectivity index (χ2v) is 5.85. The van der Waals surface area contributed by atoms with Crippen molar-refractivity contribution in [3.05, 3.63) is 0 Å². The average Bonchev–Trinajstić information content (AvgIpc) is 3.06. The monoisotopic (exact) mass is 256 g/mol. The summed E-state index contributed by atoms with van der Waals surface area (Å²) in [6.07, 6.45) is 3.92. The number of rotatable bonds is 8. The Bertz CT molecular complexity index is 311. The number of amides is 1. The normalized spacial score (nSPS) is 15.5. The summed E-state index contributed by atoms with van der Waals surface area (Å²) in [5, 5.41) is 8.81. The fraction of sp³-hybridized carbons (Fsp3) is 0.846. The zero-order valence-corrected chi connectivity index (χ0v) is 11.3. The van der Waals surface area contributed by atoms with Crippen LogP contribution in [-0.2, 0) is 9.59 Å². The number of carbonyl (C=O) groups excluding carboxylic acids is 1. The molecule has 0 unspecified atom stereocenters. The van der Waals surface area contributed by atoms with Gasteiger partial charge in [-0.25, -0.2) is 0 Å². The van der Waals surface area contributed by atoms with E-state index in [0.717, 1.165) is 25.7 Å². The first-order valence-electron chi connectivity index (χ1n) is 6.57. The van der Waals surface area contributed by atoms with Gasteiger partial charge in [0, 0.05) is 12.5 Å². The number of aliphatic carboxylic acids is 1. The van der Waals surface area contributed by atoms with Crippen LogP contribution in [0.15, 0.2) is 0 Å². The molecule has 0 spiro atoms. The number of hydrogen-bond donors (Lipinski definition) is 2. The quantitative estimate of drug-likeness (QED) is 0.684. The molecule has 104 valence electrons. The minimum atomic E-state index is -0.934. The molecule has 0 aromatic heterocycles. The number of carboxylic acids is 1. The van der Waals surface area contributed by atoms with Crippen LogP contribution in [0, 0.1) is 5.41 Å². The molecule has 0 aliphatic heterocycles. The Balaban J connectivity index is 2.44. The van der Waals surface area contributed by atoms with Crippen molar-refractivity contribution in [3.63, 3.8) is 0 Å². The Kier molecular flexibility index (Phi) is 5.14. The maximum Gasteiger partial charge on any atom is 0.323 e. The van der Waals surface area contributed by atoms with Crippen LogP contribution in [0.2, 0.25) is 0 Å². The molecule has 0 aromatic rings. The molecule has 1 amide bonds. The molecule has 5 nitrogen and oxygen atoms in total. The lowest BCUT2D eigenvalue weighted by Crippen LogP contribution is -2.37. The minimum absolute atomic E-state index is 0.0370. The number of nitrogens with two attached hydrogens (primary N) is 1. The number of carboxylic acid groups (broad SMARTS) is 1. The van der Waals surface area contributed by atoms with Crippen molar-refractivity contribution in [1.29, 1.82) is 0 Å². The Morgan fingerprint density at radius 3 is 2.39 bits per heavy atom. The molecule has 1 rings (SSSR count). The third-order valence-electron chi connectivity index (χ3n) is 3.45. The predicted molar refractivity (Wildman–Crippen MR) is 69.1 cm³/mol. The molecule has 0 aromatic carbocycles. The van der Waals surface area contributed by atoms with Gasteiger partial charge in [-0.05, 0) is 37.6 Å². The largest absolute Gasteiger partial charge is 0.480 e. The summed E-state index contributed by atoms with van der Waals surface area (Å²) < 4.78 is 0. The highest BCUT2D eigenvalue weighted by atomic mass is 16.4. The van der Waals surface area contributed by atoms with Gasteiger partial charge in [0.25, 0.3) is 0 Å². The van der Waals surface area contributed by atoms with Crippen molar-refractivity contribution in [2.75, 3.05) is 13.1 Å². The van der Waals surface area contributed by atoms with Crippen molar-refractivity contribution in [3.8, 4) is 0 Å². The number of nitrogens with zero attached hydrogens (tertiary/aromatic N) is 1. The molecule has 3 N–H and O–H groups in total. The second kappa shape index (κ2) is 6.18. The van der Waals surface area contributed by atoms with E-state index >= 15 is 0 Å². The van der Waals surface area contributed by atoms with E-state index in [0.29, 0.717) is 13.0 Å². The topological polar surface area (TPSA) is 83.6 Å². The molecule has 18 heavy (non-hydrogen) atoms. The van der Waals surface area contributed by atoms with Gasteiger partial charge in [0.1, 0.15) is 6.54 Å². The van der Waals surface area contributed by atoms with E-state index in [9.17, 15) is 9.59 Å². The van der Waals surface area contributed by atoms with Crippen LogP contribution in [0.4, 0.5) is 0 Å². The van der Waals surface area contributed by atoms with Crippen LogP contribution in [-0.4, -0.2) is 41.0 Å². The average molecular weight is 256 g/mol. The third-order valence-corrected chi connectivity index (χ3v) is 3.45. The summed E-state index contributed by atoms with van der Waals surface area (Å²) in [6.45, 7) is 4.63. The summed E-state index contributed by atoms with van der Waals surface area (Å²) in [6, 6.07) is 0.159. The smallest absolute Gasteiger partial charge is 0.323 e. The summed E-state index contributed by atoms with van der Waals surface area (Å²) in [4.78, 5) is 24.3. The van der Waals surface area contributed by atoms with Crippen LogP contribution in [0.1, 0.15) is 46.0 Å². The molecular formula is C13H24N2O3. The maximum absolute atomic E-state index is 12.0. The molecule has 0 heterocycles. The van der Waals surface area contributed by atoms with Crippen molar-refractivity contribution < 1.29 is 14.7 Å². The van der Waals surface area contributed by atoms with E-state index in [1.807, 2.05) is 0 Å². The highest BCUT2D eigenvalue weighted by Gasteiger charge is 2.34. The molecule has 1 fully saturated rings. The Morgan fingerprint density at radius 1 is 1.33 bits per heavy atom. The Hall–Kier alpha value is -1.10. The lowest BCUT2D eigenvalue weighted by atomic mass is 9.84. The minimum Gasteiger partial charge on any atom is -0.480 e. The highest BCUT2D eigenvalue weighted by Crippen LogP contribution is 2.30. The number of hydrogen-bond acceptors (Lipinski definition) is 3. The Labute approximate surface area is 108 Å². The van der Waals surface area contributed by atoms with Crippen LogP contribution in [0.5, 0.6) is 0 Å². The second-order valence-electron chi connectivity index (χ2n) is 5.85. The summed E-state index contributed by atoms with van der Waals surface area (Å²) in [5.41, 5.74) is 5.58. The van der Waals surface area contributed by atoms with Gasteiger partial charge < -0.3 is 15.7 Å². The lowest BCUT2D eigenvalue weighted by Gasteiger charge is -2.26. The van der Waals surface area contributed by atoms with Gasteiger partial charge in [0.2, 0.25) is 5.91 Å². The Morgan fingerprint density at radius 2 is 1.94 bits per heavy atom.